The van der Waals surface area contributed by atoms with Crippen LogP contribution in [0.1, 0.15) is 20.8 Å². The second-order valence-corrected chi connectivity index (χ2v) is 3.66. The summed E-state index contributed by atoms with van der Waals surface area (Å²) < 4.78 is 4.59. The van der Waals surface area contributed by atoms with Crippen LogP contribution in [-0.2, 0) is 14.3 Å². The molecule has 0 aliphatic carbocycles. The summed E-state index contributed by atoms with van der Waals surface area (Å²) in [4.78, 5) is 24.5. The molecule has 0 unspecified atom stereocenters. The van der Waals surface area contributed by atoms with Crippen LogP contribution in [0.5, 0.6) is 0 Å². The van der Waals surface area contributed by atoms with Crippen LogP contribution in [0.4, 0.5) is 0 Å². The third-order valence-electron chi connectivity index (χ3n) is 2.35. The largest absolute Gasteiger partial charge is 0.466 e. The van der Waals surface area contributed by atoms with Gasteiger partial charge in [-0.3, -0.25) is 9.69 Å². The van der Waals surface area contributed by atoms with Crippen molar-refractivity contribution in [2.24, 2.45) is 0 Å². The van der Waals surface area contributed by atoms with Gasteiger partial charge < -0.3 is 10.1 Å². The molecule has 0 saturated heterocycles. The van der Waals surface area contributed by atoms with Gasteiger partial charge in [-0.2, -0.15) is 0 Å². The van der Waals surface area contributed by atoms with E-state index in [4.69, 9.17) is 0 Å². The summed E-state index contributed by atoms with van der Waals surface area (Å²) in [6, 6.07) is 0. The second-order valence-electron chi connectivity index (χ2n) is 3.66. The molecule has 0 bridgehead atoms. The quantitative estimate of drug-likeness (QED) is 0.523. The molecule has 5 nitrogen and oxygen atoms in total. The first-order valence-electron chi connectivity index (χ1n) is 5.79. The van der Waals surface area contributed by atoms with Gasteiger partial charge in [-0.15, -0.1) is 0 Å². The minimum absolute atomic E-state index is 0.00142. The van der Waals surface area contributed by atoms with Crippen LogP contribution in [0.15, 0.2) is 11.6 Å². The molecule has 0 aromatic heterocycles. The summed E-state index contributed by atoms with van der Waals surface area (Å²) in [5.41, 5.74) is 0.557. The Bertz CT molecular complexity index is 287. The maximum absolute atomic E-state index is 11.4. The van der Waals surface area contributed by atoms with Crippen LogP contribution in [0.3, 0.4) is 0 Å². The second kappa shape index (κ2) is 8.75. The van der Waals surface area contributed by atoms with Crippen molar-refractivity contribution in [3.63, 3.8) is 0 Å². The van der Waals surface area contributed by atoms with Crippen molar-refractivity contribution in [2.45, 2.75) is 20.8 Å². The molecule has 0 aromatic carbocycles. The molecule has 0 heterocycles. The van der Waals surface area contributed by atoms with E-state index in [-0.39, 0.29) is 11.9 Å². The molecule has 0 aromatic rings. The average Bonchev–Trinajstić information content (AvgIpc) is 2.33. The fourth-order valence-electron chi connectivity index (χ4n) is 1.27. The number of likely N-dealkylation sites (N-methyl/N-ethyl adjacent to an activating group) is 2. The number of esters is 1. The summed E-state index contributed by atoms with van der Waals surface area (Å²) in [6.45, 7) is 7.85. The molecule has 0 rings (SSSR count). The number of hydrogen-bond donors (Lipinski definition) is 1. The van der Waals surface area contributed by atoms with Crippen LogP contribution in [-0.4, -0.2) is 50.1 Å². The normalized spacial score (nSPS) is 11.5. The number of nitrogens with one attached hydrogen (secondary N) is 1. The average molecular weight is 242 g/mol. The van der Waals surface area contributed by atoms with Gasteiger partial charge in [0.15, 0.2) is 0 Å². The third kappa shape index (κ3) is 6.73. The Labute approximate surface area is 103 Å². The minimum atomic E-state index is -0.334. The first kappa shape index (κ1) is 15.6. The Kier molecular flexibility index (Phi) is 8.05. The summed E-state index contributed by atoms with van der Waals surface area (Å²) in [5.74, 6) is -0.336. The zero-order chi connectivity index (χ0) is 13.3. The third-order valence-corrected chi connectivity index (χ3v) is 2.35. The van der Waals surface area contributed by atoms with E-state index in [1.54, 1.807) is 13.0 Å². The van der Waals surface area contributed by atoms with Gasteiger partial charge in [-0.05, 0) is 20.4 Å². The number of carbonyl (C=O) groups excluding carboxylic acids is 2. The topological polar surface area (TPSA) is 58.6 Å². The van der Waals surface area contributed by atoms with Crippen molar-refractivity contribution in [1.29, 1.82) is 0 Å². The molecule has 98 valence electrons. The zero-order valence-corrected chi connectivity index (χ0v) is 11.1. The van der Waals surface area contributed by atoms with E-state index in [9.17, 15) is 9.59 Å². The molecule has 0 saturated carbocycles. The highest BCUT2D eigenvalue weighted by Crippen LogP contribution is 1.97. The lowest BCUT2D eigenvalue weighted by Crippen LogP contribution is -2.37. The SMILES string of the molecule is CCNC(=O)CN(CC)CC=C(C)C(=O)OC. The van der Waals surface area contributed by atoms with Crippen LogP contribution >= 0.6 is 0 Å². The van der Waals surface area contributed by atoms with Crippen LogP contribution < -0.4 is 5.32 Å². The van der Waals surface area contributed by atoms with E-state index in [0.717, 1.165) is 6.54 Å². The van der Waals surface area contributed by atoms with Crippen LogP contribution in [0.25, 0.3) is 0 Å². The lowest BCUT2D eigenvalue weighted by atomic mass is 10.2. The molecule has 1 amide bonds. The summed E-state index contributed by atoms with van der Waals surface area (Å²) in [7, 11) is 1.35. The van der Waals surface area contributed by atoms with Gasteiger partial charge in [-0.25, -0.2) is 4.79 Å². The number of amides is 1. The highest BCUT2D eigenvalue weighted by atomic mass is 16.5. The Hall–Kier alpha value is -1.36. The summed E-state index contributed by atoms with van der Waals surface area (Å²) >= 11 is 0. The minimum Gasteiger partial charge on any atom is -0.466 e. The fraction of sp³-hybridized carbons (Fsp3) is 0.667. The van der Waals surface area contributed by atoms with Gasteiger partial charge in [0.25, 0.3) is 0 Å². The van der Waals surface area contributed by atoms with Gasteiger partial charge in [0, 0.05) is 18.7 Å². The van der Waals surface area contributed by atoms with Crippen molar-refractivity contribution < 1.29 is 14.3 Å². The monoisotopic (exact) mass is 242 g/mol. The van der Waals surface area contributed by atoms with Gasteiger partial charge >= 0.3 is 5.97 Å². The Morgan fingerprint density at radius 2 is 2.00 bits per heavy atom. The van der Waals surface area contributed by atoms with Gasteiger partial charge in [0.05, 0.1) is 13.7 Å². The number of hydrogen-bond acceptors (Lipinski definition) is 4. The van der Waals surface area contributed by atoms with E-state index in [0.29, 0.717) is 25.2 Å². The number of methoxy groups -OCH3 is 1. The maximum Gasteiger partial charge on any atom is 0.333 e. The lowest BCUT2D eigenvalue weighted by molar-refractivity contribution is -0.136. The smallest absolute Gasteiger partial charge is 0.333 e. The first-order valence-corrected chi connectivity index (χ1v) is 5.79. The van der Waals surface area contributed by atoms with Crippen molar-refractivity contribution in [1.82, 2.24) is 10.2 Å². The standard InChI is InChI=1S/C12H22N2O3/c1-5-13-11(15)9-14(6-2)8-7-10(3)12(16)17-4/h7H,5-6,8-9H2,1-4H3,(H,13,15). The van der Waals surface area contributed by atoms with Crippen molar-refractivity contribution in [3.05, 3.63) is 11.6 Å². The number of rotatable bonds is 7. The van der Waals surface area contributed by atoms with Gasteiger partial charge in [-0.1, -0.05) is 13.0 Å². The number of nitrogens with zero attached hydrogens (tertiary/aromatic N) is 1. The highest BCUT2D eigenvalue weighted by Gasteiger charge is 2.08. The van der Waals surface area contributed by atoms with Crippen molar-refractivity contribution in [3.8, 4) is 0 Å². The van der Waals surface area contributed by atoms with Gasteiger partial charge in [0.2, 0.25) is 5.91 Å². The Morgan fingerprint density at radius 1 is 1.35 bits per heavy atom. The van der Waals surface area contributed by atoms with Crippen LogP contribution in [0.2, 0.25) is 0 Å². The highest BCUT2D eigenvalue weighted by molar-refractivity contribution is 5.87. The molecule has 0 aliphatic heterocycles. The molecule has 17 heavy (non-hydrogen) atoms. The molecular formula is C12H22N2O3. The Morgan fingerprint density at radius 3 is 2.47 bits per heavy atom. The van der Waals surface area contributed by atoms with E-state index >= 15 is 0 Å². The van der Waals surface area contributed by atoms with E-state index < -0.39 is 0 Å². The first-order chi connectivity index (χ1) is 8.04. The number of ether oxygens (including phenoxy) is 1. The molecule has 0 aliphatic rings. The van der Waals surface area contributed by atoms with Crippen molar-refractivity contribution in [2.75, 3.05) is 33.3 Å². The van der Waals surface area contributed by atoms with Crippen LogP contribution in [0, 0.1) is 0 Å². The lowest BCUT2D eigenvalue weighted by Gasteiger charge is -2.17. The molecule has 0 atom stereocenters. The van der Waals surface area contributed by atoms with E-state index in [1.807, 2.05) is 18.7 Å². The zero-order valence-electron chi connectivity index (χ0n) is 11.1. The van der Waals surface area contributed by atoms with E-state index in [1.165, 1.54) is 7.11 Å². The van der Waals surface area contributed by atoms with Crippen molar-refractivity contribution >= 4 is 11.9 Å². The molecule has 0 spiro atoms. The molecule has 0 radical (unpaired) electrons. The fourth-order valence-corrected chi connectivity index (χ4v) is 1.27. The summed E-state index contributed by atoms with van der Waals surface area (Å²) in [5, 5.41) is 2.74. The summed E-state index contributed by atoms with van der Waals surface area (Å²) in [6.07, 6.45) is 1.77. The predicted octanol–water partition coefficient (Wildman–Crippen LogP) is 0.564. The molecular weight excluding hydrogens is 220 g/mol. The molecule has 5 heteroatoms. The Balaban J connectivity index is 4.22. The number of carbonyl (C=O) groups is 2. The molecule has 1 N–H and O–H groups in total. The van der Waals surface area contributed by atoms with Gasteiger partial charge in [0.1, 0.15) is 0 Å². The van der Waals surface area contributed by atoms with E-state index in [2.05, 4.69) is 10.1 Å². The molecule has 0 fully saturated rings. The predicted molar refractivity (Wildman–Crippen MR) is 66.6 cm³/mol. The maximum atomic E-state index is 11.4.